The highest BCUT2D eigenvalue weighted by atomic mass is 35.5. The number of halogens is 2. The van der Waals surface area contributed by atoms with Crippen molar-refractivity contribution in [2.75, 3.05) is 20.1 Å². The van der Waals surface area contributed by atoms with Crippen LogP contribution in [0.1, 0.15) is 37.7 Å². The zero-order valence-electron chi connectivity index (χ0n) is 14.6. The SMILES string of the molecule is CCC(=O)N1CCC(NC(=NC)NC2CC2c2c(F)cccc2Cl)C1. The molecule has 0 aromatic heterocycles. The third kappa shape index (κ3) is 4.06. The van der Waals surface area contributed by atoms with Crippen LogP contribution in [0.3, 0.4) is 0 Å². The first-order valence-electron chi connectivity index (χ1n) is 8.75. The van der Waals surface area contributed by atoms with E-state index in [2.05, 4.69) is 15.6 Å². The monoisotopic (exact) mass is 366 g/mol. The quantitative estimate of drug-likeness (QED) is 0.636. The highest BCUT2D eigenvalue weighted by Crippen LogP contribution is 2.44. The summed E-state index contributed by atoms with van der Waals surface area (Å²) in [6.07, 6.45) is 2.26. The molecule has 0 bridgehead atoms. The summed E-state index contributed by atoms with van der Waals surface area (Å²) in [4.78, 5) is 17.9. The molecule has 1 saturated heterocycles. The van der Waals surface area contributed by atoms with Gasteiger partial charge in [0.2, 0.25) is 5.91 Å². The second-order valence-electron chi connectivity index (χ2n) is 6.62. The molecule has 1 amide bonds. The van der Waals surface area contributed by atoms with Crippen LogP contribution in [0, 0.1) is 5.82 Å². The van der Waals surface area contributed by atoms with E-state index in [9.17, 15) is 9.18 Å². The van der Waals surface area contributed by atoms with Gasteiger partial charge in [0.15, 0.2) is 5.96 Å². The van der Waals surface area contributed by atoms with E-state index in [1.165, 1.54) is 6.07 Å². The number of nitrogens with one attached hydrogen (secondary N) is 2. The molecule has 1 aromatic rings. The molecule has 0 spiro atoms. The Morgan fingerprint density at radius 3 is 2.92 bits per heavy atom. The Kier molecular flexibility index (Phi) is 5.47. The van der Waals surface area contributed by atoms with Gasteiger partial charge in [-0.25, -0.2) is 4.39 Å². The fraction of sp³-hybridized carbons (Fsp3) is 0.556. The summed E-state index contributed by atoms with van der Waals surface area (Å²) in [6, 6.07) is 5.10. The van der Waals surface area contributed by atoms with Gasteiger partial charge >= 0.3 is 0 Å². The fourth-order valence-corrected chi connectivity index (χ4v) is 3.71. The lowest BCUT2D eigenvalue weighted by Gasteiger charge is -2.19. The summed E-state index contributed by atoms with van der Waals surface area (Å²) in [6.45, 7) is 3.35. The number of carbonyl (C=O) groups is 1. The lowest BCUT2D eigenvalue weighted by atomic mass is 10.1. The molecule has 7 heteroatoms. The minimum absolute atomic E-state index is 0.0639. The average molecular weight is 367 g/mol. The third-order valence-electron chi connectivity index (χ3n) is 4.89. The van der Waals surface area contributed by atoms with Crippen LogP contribution in [0.2, 0.25) is 5.02 Å². The number of rotatable bonds is 4. The summed E-state index contributed by atoms with van der Waals surface area (Å²) < 4.78 is 14.0. The number of amides is 1. The van der Waals surface area contributed by atoms with Gasteiger partial charge < -0.3 is 15.5 Å². The summed E-state index contributed by atoms with van der Waals surface area (Å²) in [7, 11) is 1.71. The Hall–Kier alpha value is -1.82. The van der Waals surface area contributed by atoms with Crippen molar-refractivity contribution in [1.29, 1.82) is 0 Å². The third-order valence-corrected chi connectivity index (χ3v) is 5.22. The Bertz CT molecular complexity index is 661. The Morgan fingerprint density at radius 1 is 1.44 bits per heavy atom. The summed E-state index contributed by atoms with van der Waals surface area (Å²) in [5.41, 5.74) is 0.581. The van der Waals surface area contributed by atoms with Gasteiger partial charge in [0, 0.05) is 55.1 Å². The van der Waals surface area contributed by atoms with E-state index in [0.717, 1.165) is 19.4 Å². The molecule has 1 aromatic carbocycles. The summed E-state index contributed by atoms with van der Waals surface area (Å²) in [5, 5.41) is 7.18. The Morgan fingerprint density at radius 2 is 2.24 bits per heavy atom. The van der Waals surface area contributed by atoms with E-state index >= 15 is 0 Å². The second kappa shape index (κ2) is 7.60. The molecule has 1 aliphatic heterocycles. The van der Waals surface area contributed by atoms with Gasteiger partial charge in [0.1, 0.15) is 5.82 Å². The zero-order valence-corrected chi connectivity index (χ0v) is 15.3. The molecule has 3 atom stereocenters. The Labute approximate surface area is 152 Å². The molecule has 2 N–H and O–H groups in total. The van der Waals surface area contributed by atoms with Crippen molar-refractivity contribution in [3.63, 3.8) is 0 Å². The molecule has 2 aliphatic rings. The topological polar surface area (TPSA) is 56.7 Å². The highest BCUT2D eigenvalue weighted by Gasteiger charge is 2.42. The predicted molar refractivity (Wildman–Crippen MR) is 97.5 cm³/mol. The zero-order chi connectivity index (χ0) is 18.0. The van der Waals surface area contributed by atoms with Gasteiger partial charge in [-0.1, -0.05) is 24.6 Å². The van der Waals surface area contributed by atoms with Gasteiger partial charge in [-0.05, 0) is 25.0 Å². The molecule has 2 fully saturated rings. The number of carbonyl (C=O) groups excluding carboxylic acids is 1. The smallest absolute Gasteiger partial charge is 0.222 e. The van der Waals surface area contributed by atoms with Crippen molar-refractivity contribution in [3.05, 3.63) is 34.6 Å². The van der Waals surface area contributed by atoms with Gasteiger partial charge in [-0.15, -0.1) is 0 Å². The molecule has 1 heterocycles. The average Bonchev–Trinajstić information content (AvgIpc) is 3.17. The number of benzene rings is 1. The molecule has 25 heavy (non-hydrogen) atoms. The first-order chi connectivity index (χ1) is 12.0. The molecule has 3 rings (SSSR count). The maximum atomic E-state index is 14.0. The number of guanidine groups is 1. The lowest BCUT2D eigenvalue weighted by Crippen LogP contribution is -2.46. The van der Waals surface area contributed by atoms with Crippen molar-refractivity contribution in [2.24, 2.45) is 4.99 Å². The molecule has 136 valence electrons. The van der Waals surface area contributed by atoms with Gasteiger partial charge in [-0.3, -0.25) is 9.79 Å². The highest BCUT2D eigenvalue weighted by molar-refractivity contribution is 6.31. The van der Waals surface area contributed by atoms with Crippen LogP contribution in [0.25, 0.3) is 0 Å². The van der Waals surface area contributed by atoms with Crippen LogP contribution in [-0.2, 0) is 4.79 Å². The van der Waals surface area contributed by atoms with Crippen molar-refractivity contribution < 1.29 is 9.18 Å². The first kappa shape index (κ1) is 18.0. The summed E-state index contributed by atoms with van der Waals surface area (Å²) in [5.74, 6) is 0.683. The fourth-order valence-electron chi connectivity index (χ4n) is 3.41. The molecule has 1 aliphatic carbocycles. The van der Waals surface area contributed by atoms with E-state index < -0.39 is 0 Å². The first-order valence-corrected chi connectivity index (χ1v) is 9.12. The van der Waals surface area contributed by atoms with E-state index in [4.69, 9.17) is 11.6 Å². The van der Waals surface area contributed by atoms with Crippen LogP contribution in [-0.4, -0.2) is 49.0 Å². The van der Waals surface area contributed by atoms with Crippen molar-refractivity contribution >= 4 is 23.5 Å². The maximum absolute atomic E-state index is 14.0. The number of aliphatic imine (C=N–C) groups is 1. The van der Waals surface area contributed by atoms with E-state index in [1.54, 1.807) is 19.2 Å². The van der Waals surface area contributed by atoms with Gasteiger partial charge in [0.05, 0.1) is 0 Å². The van der Waals surface area contributed by atoms with Crippen molar-refractivity contribution in [1.82, 2.24) is 15.5 Å². The molecule has 5 nitrogen and oxygen atoms in total. The van der Waals surface area contributed by atoms with Crippen LogP contribution < -0.4 is 10.6 Å². The lowest BCUT2D eigenvalue weighted by molar-refractivity contribution is -0.129. The number of hydrogen-bond donors (Lipinski definition) is 2. The number of likely N-dealkylation sites (tertiary alicyclic amines) is 1. The summed E-state index contributed by atoms with van der Waals surface area (Å²) >= 11 is 6.15. The molecular formula is C18H24ClFN4O. The molecule has 1 saturated carbocycles. The maximum Gasteiger partial charge on any atom is 0.222 e. The molecular weight excluding hydrogens is 343 g/mol. The van der Waals surface area contributed by atoms with Crippen LogP contribution in [0.4, 0.5) is 4.39 Å². The van der Waals surface area contributed by atoms with E-state index in [1.807, 2.05) is 11.8 Å². The molecule has 3 unspecified atom stereocenters. The van der Waals surface area contributed by atoms with Crippen molar-refractivity contribution in [2.45, 2.75) is 44.2 Å². The van der Waals surface area contributed by atoms with Crippen molar-refractivity contribution in [3.8, 4) is 0 Å². The standard InChI is InChI=1S/C18H24ClFN4O/c1-3-16(25)24-8-7-11(10-24)22-18(21-2)23-15-9-12(15)17-13(19)5-4-6-14(17)20/h4-6,11-12,15H,3,7-10H2,1-2H3,(H2,21,22,23). The normalized spacial score (nSPS) is 25.8. The van der Waals surface area contributed by atoms with E-state index in [0.29, 0.717) is 29.5 Å². The van der Waals surface area contributed by atoms with Crippen LogP contribution in [0.15, 0.2) is 23.2 Å². The van der Waals surface area contributed by atoms with Gasteiger partial charge in [0.25, 0.3) is 0 Å². The minimum atomic E-state index is -0.255. The van der Waals surface area contributed by atoms with Crippen LogP contribution in [0.5, 0.6) is 0 Å². The minimum Gasteiger partial charge on any atom is -0.353 e. The van der Waals surface area contributed by atoms with E-state index in [-0.39, 0.29) is 29.7 Å². The largest absolute Gasteiger partial charge is 0.353 e. The number of nitrogens with zero attached hydrogens (tertiary/aromatic N) is 2. The van der Waals surface area contributed by atoms with Crippen LogP contribution >= 0.6 is 11.6 Å². The Balaban J connectivity index is 1.54. The number of hydrogen-bond acceptors (Lipinski definition) is 2. The second-order valence-corrected chi connectivity index (χ2v) is 7.03. The molecule has 0 radical (unpaired) electrons. The van der Waals surface area contributed by atoms with Gasteiger partial charge in [-0.2, -0.15) is 0 Å². The predicted octanol–water partition coefficient (Wildman–Crippen LogP) is 2.51.